The van der Waals surface area contributed by atoms with Crippen LogP contribution in [0.15, 0.2) is 28.9 Å². The van der Waals surface area contributed by atoms with Gasteiger partial charge in [-0.15, -0.1) is 10.2 Å². The predicted octanol–water partition coefficient (Wildman–Crippen LogP) is 3.10. The molecule has 0 amide bonds. The Morgan fingerprint density at radius 2 is 2.06 bits per heavy atom. The van der Waals surface area contributed by atoms with Gasteiger partial charge in [0.1, 0.15) is 5.01 Å². The number of thioether (sulfide) groups is 1. The highest BCUT2D eigenvalue weighted by molar-refractivity contribution is 8.00. The molecule has 0 spiro atoms. The second-order valence-corrected chi connectivity index (χ2v) is 6.06. The molecule has 1 fully saturated rings. The quantitative estimate of drug-likeness (QED) is 0.780. The maximum atomic E-state index is 4.23. The van der Waals surface area contributed by atoms with Gasteiger partial charge in [0.25, 0.3) is 0 Å². The lowest BCUT2D eigenvalue weighted by Gasteiger charge is -1.96. The van der Waals surface area contributed by atoms with E-state index in [9.17, 15) is 0 Å². The highest BCUT2D eigenvalue weighted by Gasteiger charge is 2.27. The lowest BCUT2D eigenvalue weighted by Crippen LogP contribution is -1.80. The Labute approximate surface area is 102 Å². The second kappa shape index (κ2) is 4.51. The zero-order chi connectivity index (χ0) is 10.8. The third-order valence-electron chi connectivity index (χ3n) is 2.46. The molecule has 3 rings (SSSR count). The summed E-state index contributed by atoms with van der Waals surface area (Å²) in [6, 6.07) is 4.08. The van der Waals surface area contributed by atoms with Crippen LogP contribution in [0.4, 0.5) is 0 Å². The van der Waals surface area contributed by atoms with E-state index in [4.69, 9.17) is 0 Å². The number of hydrogen-bond donors (Lipinski definition) is 0. The first kappa shape index (κ1) is 10.2. The molecular weight excluding hydrogens is 238 g/mol. The molecule has 2 heterocycles. The molecule has 5 heteroatoms. The van der Waals surface area contributed by atoms with Crippen LogP contribution in [-0.4, -0.2) is 15.2 Å². The van der Waals surface area contributed by atoms with E-state index in [1.54, 1.807) is 23.1 Å². The smallest absolute Gasteiger partial charge is 0.174 e. The Bertz CT molecular complexity index is 465. The highest BCUT2D eigenvalue weighted by Crippen LogP contribution is 2.42. The molecule has 0 saturated heterocycles. The lowest BCUT2D eigenvalue weighted by molar-refractivity contribution is 0.937. The summed E-state index contributed by atoms with van der Waals surface area (Å²) >= 11 is 3.50. The summed E-state index contributed by atoms with van der Waals surface area (Å²) < 4.78 is 1.08. The normalized spacial score (nSPS) is 15.2. The first-order chi connectivity index (χ1) is 7.92. The second-order valence-electron chi connectivity index (χ2n) is 3.82. The van der Waals surface area contributed by atoms with E-state index in [1.807, 2.05) is 24.5 Å². The molecule has 0 aromatic carbocycles. The van der Waals surface area contributed by atoms with Gasteiger partial charge in [-0.05, 0) is 30.5 Å². The van der Waals surface area contributed by atoms with Crippen molar-refractivity contribution < 1.29 is 0 Å². The van der Waals surface area contributed by atoms with Gasteiger partial charge in [0.05, 0.1) is 0 Å². The molecule has 0 unspecified atom stereocenters. The maximum absolute atomic E-state index is 4.23. The zero-order valence-corrected chi connectivity index (χ0v) is 10.3. The fraction of sp³-hybridized carbons (Fsp3) is 0.364. The van der Waals surface area contributed by atoms with E-state index in [1.165, 1.54) is 23.4 Å². The highest BCUT2D eigenvalue weighted by atomic mass is 32.2. The minimum absolute atomic E-state index is 0.716. The van der Waals surface area contributed by atoms with Crippen LogP contribution < -0.4 is 0 Å². The lowest BCUT2D eigenvalue weighted by atomic mass is 10.3. The van der Waals surface area contributed by atoms with Gasteiger partial charge in [-0.25, -0.2) is 0 Å². The molecule has 0 radical (unpaired) electrons. The fourth-order valence-electron chi connectivity index (χ4n) is 1.40. The van der Waals surface area contributed by atoms with Crippen molar-refractivity contribution in [1.82, 2.24) is 15.2 Å². The van der Waals surface area contributed by atoms with Gasteiger partial charge < -0.3 is 0 Å². The molecule has 1 aliphatic rings. The monoisotopic (exact) mass is 249 g/mol. The third-order valence-corrected chi connectivity index (χ3v) is 4.75. The predicted molar refractivity (Wildman–Crippen MR) is 65.7 cm³/mol. The molecule has 1 saturated carbocycles. The number of rotatable bonds is 4. The van der Waals surface area contributed by atoms with Crippen molar-refractivity contribution in [3.8, 4) is 0 Å². The average molecular weight is 249 g/mol. The first-order valence-corrected chi connectivity index (χ1v) is 7.07. The molecule has 82 valence electrons. The van der Waals surface area contributed by atoms with Crippen molar-refractivity contribution in [2.24, 2.45) is 0 Å². The largest absolute Gasteiger partial charge is 0.265 e. The van der Waals surface area contributed by atoms with Crippen LogP contribution >= 0.6 is 23.1 Å². The van der Waals surface area contributed by atoms with Gasteiger partial charge in [-0.3, -0.25) is 4.98 Å². The van der Waals surface area contributed by atoms with Crippen molar-refractivity contribution in [2.75, 3.05) is 0 Å². The molecule has 1 aliphatic carbocycles. The zero-order valence-electron chi connectivity index (χ0n) is 8.67. The van der Waals surface area contributed by atoms with E-state index in [2.05, 4.69) is 15.2 Å². The Morgan fingerprint density at radius 3 is 2.81 bits per heavy atom. The minimum Gasteiger partial charge on any atom is -0.265 e. The Balaban J connectivity index is 1.61. The van der Waals surface area contributed by atoms with Crippen molar-refractivity contribution in [3.05, 3.63) is 35.1 Å². The molecule has 3 nitrogen and oxygen atoms in total. The molecule has 16 heavy (non-hydrogen) atoms. The SMILES string of the molecule is c1cc(CSc2nnc(C3CC3)s2)ccn1. The van der Waals surface area contributed by atoms with E-state index in [0.717, 1.165) is 10.1 Å². The standard InChI is InChI=1S/C11H11N3S2/c1-2-9(1)10-13-14-11(16-10)15-7-8-3-5-12-6-4-8/h3-6,9H,1-2,7H2. The maximum Gasteiger partial charge on any atom is 0.174 e. The Kier molecular flexibility index (Phi) is 2.88. The summed E-state index contributed by atoms with van der Waals surface area (Å²) in [6.07, 6.45) is 6.24. The summed E-state index contributed by atoms with van der Waals surface area (Å²) in [7, 11) is 0. The summed E-state index contributed by atoms with van der Waals surface area (Å²) in [6.45, 7) is 0. The summed E-state index contributed by atoms with van der Waals surface area (Å²) in [5.74, 6) is 1.66. The first-order valence-electron chi connectivity index (χ1n) is 5.27. The molecule has 2 aromatic heterocycles. The molecule has 2 aromatic rings. The van der Waals surface area contributed by atoms with Gasteiger partial charge in [-0.2, -0.15) is 0 Å². The molecule has 0 aliphatic heterocycles. The van der Waals surface area contributed by atoms with Crippen LogP contribution in [0.2, 0.25) is 0 Å². The van der Waals surface area contributed by atoms with E-state index in [-0.39, 0.29) is 0 Å². The van der Waals surface area contributed by atoms with Crippen LogP contribution in [0.5, 0.6) is 0 Å². The summed E-state index contributed by atoms with van der Waals surface area (Å²) in [5, 5.41) is 9.65. The molecule has 0 atom stereocenters. The van der Waals surface area contributed by atoms with Crippen LogP contribution in [0.3, 0.4) is 0 Å². The van der Waals surface area contributed by atoms with E-state index in [0.29, 0.717) is 5.92 Å². The van der Waals surface area contributed by atoms with Gasteiger partial charge in [0.15, 0.2) is 4.34 Å². The number of hydrogen-bond acceptors (Lipinski definition) is 5. The molecule has 0 N–H and O–H groups in total. The van der Waals surface area contributed by atoms with Gasteiger partial charge in [-0.1, -0.05) is 23.1 Å². The van der Waals surface area contributed by atoms with Crippen LogP contribution in [0, 0.1) is 0 Å². The van der Waals surface area contributed by atoms with Crippen LogP contribution in [-0.2, 0) is 5.75 Å². The minimum atomic E-state index is 0.716. The Morgan fingerprint density at radius 1 is 1.25 bits per heavy atom. The van der Waals surface area contributed by atoms with Crippen molar-refractivity contribution in [3.63, 3.8) is 0 Å². The van der Waals surface area contributed by atoms with Crippen molar-refractivity contribution in [2.45, 2.75) is 28.9 Å². The van der Waals surface area contributed by atoms with Crippen molar-refractivity contribution in [1.29, 1.82) is 0 Å². The molecule has 0 bridgehead atoms. The van der Waals surface area contributed by atoms with Crippen LogP contribution in [0.25, 0.3) is 0 Å². The van der Waals surface area contributed by atoms with Crippen LogP contribution in [0.1, 0.15) is 29.3 Å². The topological polar surface area (TPSA) is 38.7 Å². The third kappa shape index (κ3) is 2.41. The van der Waals surface area contributed by atoms with E-state index >= 15 is 0 Å². The number of aromatic nitrogens is 3. The van der Waals surface area contributed by atoms with Crippen molar-refractivity contribution >= 4 is 23.1 Å². The van der Waals surface area contributed by atoms with E-state index < -0.39 is 0 Å². The molecular formula is C11H11N3S2. The summed E-state index contributed by atoms with van der Waals surface area (Å²) in [5.41, 5.74) is 1.28. The summed E-state index contributed by atoms with van der Waals surface area (Å²) in [4.78, 5) is 4.00. The Hall–Kier alpha value is -0.940. The number of nitrogens with zero attached hydrogens (tertiary/aromatic N) is 3. The van der Waals surface area contributed by atoms with Gasteiger partial charge >= 0.3 is 0 Å². The van der Waals surface area contributed by atoms with Gasteiger partial charge in [0, 0.05) is 24.1 Å². The van der Waals surface area contributed by atoms with Gasteiger partial charge in [0.2, 0.25) is 0 Å². The average Bonchev–Trinajstić information content (AvgIpc) is 3.08. The fourth-order valence-corrected chi connectivity index (χ4v) is 3.39. The number of pyridine rings is 1.